The summed E-state index contributed by atoms with van der Waals surface area (Å²) in [6.45, 7) is 7.70. The van der Waals surface area contributed by atoms with Crippen molar-refractivity contribution in [3.8, 4) is 11.5 Å². The molecule has 0 aromatic heterocycles. The Morgan fingerprint density at radius 3 is 2.41 bits per heavy atom. The van der Waals surface area contributed by atoms with E-state index >= 15 is 0 Å². The number of carbonyl (C=O) groups is 2. The molecule has 0 unspecified atom stereocenters. The molecule has 0 spiro atoms. The molecule has 1 aliphatic rings. The van der Waals surface area contributed by atoms with Crippen molar-refractivity contribution in [1.82, 2.24) is 4.90 Å². The normalized spacial score (nSPS) is 13.7. The van der Waals surface area contributed by atoms with Crippen molar-refractivity contribution in [3.05, 3.63) is 71.4 Å². The van der Waals surface area contributed by atoms with E-state index < -0.39 is 5.91 Å². The molecule has 0 saturated heterocycles. The van der Waals surface area contributed by atoms with E-state index in [0.29, 0.717) is 22.8 Å². The van der Waals surface area contributed by atoms with Crippen LogP contribution in [-0.4, -0.2) is 37.5 Å². The molecule has 0 bridgehead atoms. The lowest BCUT2D eigenvalue weighted by molar-refractivity contribution is -0.136. The summed E-state index contributed by atoms with van der Waals surface area (Å²) in [5.74, 6) is 0.372. The highest BCUT2D eigenvalue weighted by molar-refractivity contribution is 6.36. The van der Waals surface area contributed by atoms with Gasteiger partial charge >= 0.3 is 0 Å². The molecule has 0 aliphatic carbocycles. The van der Waals surface area contributed by atoms with Gasteiger partial charge in [-0.1, -0.05) is 29.8 Å². The van der Waals surface area contributed by atoms with Crippen LogP contribution < -0.4 is 14.8 Å². The number of anilines is 1. The van der Waals surface area contributed by atoms with Crippen molar-refractivity contribution in [2.24, 2.45) is 0 Å². The third-order valence-corrected chi connectivity index (χ3v) is 4.80. The molecule has 150 valence electrons. The highest BCUT2D eigenvalue weighted by Gasteiger charge is 2.39. The number of aryl methyl sites for hydroxylation is 2. The zero-order valence-electron chi connectivity index (χ0n) is 17.0. The summed E-state index contributed by atoms with van der Waals surface area (Å²) in [4.78, 5) is 27.4. The maximum atomic E-state index is 13.1. The first-order chi connectivity index (χ1) is 13.9. The van der Waals surface area contributed by atoms with Crippen LogP contribution in [0.25, 0.3) is 5.57 Å². The van der Waals surface area contributed by atoms with Gasteiger partial charge in [0.25, 0.3) is 11.8 Å². The van der Waals surface area contributed by atoms with Gasteiger partial charge < -0.3 is 14.8 Å². The van der Waals surface area contributed by atoms with Gasteiger partial charge in [0.2, 0.25) is 0 Å². The molecule has 2 aromatic rings. The van der Waals surface area contributed by atoms with Gasteiger partial charge in [0.1, 0.15) is 17.2 Å². The second kappa shape index (κ2) is 8.22. The van der Waals surface area contributed by atoms with Gasteiger partial charge in [0, 0.05) is 12.6 Å². The molecule has 0 fully saturated rings. The van der Waals surface area contributed by atoms with Crippen molar-refractivity contribution in [3.63, 3.8) is 0 Å². The van der Waals surface area contributed by atoms with Crippen LogP contribution in [0.3, 0.4) is 0 Å². The molecule has 0 atom stereocenters. The van der Waals surface area contributed by atoms with Crippen molar-refractivity contribution >= 4 is 23.1 Å². The van der Waals surface area contributed by atoms with Crippen LogP contribution in [0.15, 0.2) is 54.8 Å². The highest BCUT2D eigenvalue weighted by atomic mass is 16.5. The summed E-state index contributed by atoms with van der Waals surface area (Å²) >= 11 is 0. The number of nitrogens with one attached hydrogen (secondary N) is 1. The van der Waals surface area contributed by atoms with E-state index in [1.165, 1.54) is 18.1 Å². The first-order valence-corrected chi connectivity index (χ1v) is 9.19. The zero-order chi connectivity index (χ0) is 21.1. The number of imide groups is 1. The second-order valence-electron chi connectivity index (χ2n) is 6.77. The minimum atomic E-state index is -0.400. The largest absolute Gasteiger partial charge is 0.497 e. The van der Waals surface area contributed by atoms with Crippen LogP contribution in [-0.2, 0) is 9.59 Å². The fourth-order valence-electron chi connectivity index (χ4n) is 3.37. The number of rotatable bonds is 7. The fourth-order valence-corrected chi connectivity index (χ4v) is 3.37. The van der Waals surface area contributed by atoms with Crippen LogP contribution >= 0.6 is 0 Å². The Balaban J connectivity index is 2.14. The standard InChI is InChI=1S/C23H24N2O4/c1-6-11-25-22(26)20(17-9-7-14(2)12-15(17)3)21(23(25)27)24-18-10-8-16(28-4)13-19(18)29-5/h6-10,12-13,24H,1,11H2,2-5H3. The molecule has 0 saturated carbocycles. The topological polar surface area (TPSA) is 67.9 Å². The molecule has 6 heteroatoms. The number of amides is 2. The van der Waals surface area contributed by atoms with E-state index in [1.54, 1.807) is 25.3 Å². The Bertz CT molecular complexity index is 1020. The summed E-state index contributed by atoms with van der Waals surface area (Å²) < 4.78 is 10.6. The predicted molar refractivity (Wildman–Crippen MR) is 113 cm³/mol. The third kappa shape index (κ3) is 3.74. The molecule has 2 aromatic carbocycles. The quantitative estimate of drug-likeness (QED) is 0.575. The summed E-state index contributed by atoms with van der Waals surface area (Å²) in [5.41, 5.74) is 3.84. The average molecular weight is 392 g/mol. The summed E-state index contributed by atoms with van der Waals surface area (Å²) in [5, 5.41) is 3.12. The Morgan fingerprint density at radius 2 is 1.79 bits per heavy atom. The van der Waals surface area contributed by atoms with E-state index in [9.17, 15) is 9.59 Å². The third-order valence-electron chi connectivity index (χ3n) is 4.80. The van der Waals surface area contributed by atoms with E-state index in [0.717, 1.165) is 16.7 Å². The monoisotopic (exact) mass is 392 g/mol. The summed E-state index contributed by atoms with van der Waals surface area (Å²) in [6, 6.07) is 11.0. The molecule has 6 nitrogen and oxygen atoms in total. The predicted octanol–water partition coefficient (Wildman–Crippen LogP) is 3.70. The number of benzene rings is 2. The Morgan fingerprint density at radius 1 is 1.03 bits per heavy atom. The van der Waals surface area contributed by atoms with Crippen molar-refractivity contribution < 1.29 is 19.1 Å². The molecule has 2 amide bonds. The lowest BCUT2D eigenvalue weighted by atomic mass is 9.97. The second-order valence-corrected chi connectivity index (χ2v) is 6.77. The maximum absolute atomic E-state index is 13.1. The first-order valence-electron chi connectivity index (χ1n) is 9.19. The van der Waals surface area contributed by atoms with Crippen LogP contribution in [0, 0.1) is 13.8 Å². The lowest BCUT2D eigenvalue weighted by Crippen LogP contribution is -2.32. The SMILES string of the molecule is C=CCN1C(=O)C(Nc2ccc(OC)cc2OC)=C(c2ccc(C)cc2C)C1=O. The smallest absolute Gasteiger partial charge is 0.278 e. The van der Waals surface area contributed by atoms with Gasteiger partial charge in [-0.3, -0.25) is 14.5 Å². The summed E-state index contributed by atoms with van der Waals surface area (Å²) in [6.07, 6.45) is 1.53. The van der Waals surface area contributed by atoms with Gasteiger partial charge in [-0.25, -0.2) is 0 Å². The highest BCUT2D eigenvalue weighted by Crippen LogP contribution is 2.36. The van der Waals surface area contributed by atoms with Crippen LogP contribution in [0.4, 0.5) is 5.69 Å². The van der Waals surface area contributed by atoms with Crippen molar-refractivity contribution in [2.45, 2.75) is 13.8 Å². The van der Waals surface area contributed by atoms with Gasteiger partial charge in [0.15, 0.2) is 0 Å². The molecule has 1 N–H and O–H groups in total. The van der Waals surface area contributed by atoms with Gasteiger partial charge in [-0.2, -0.15) is 0 Å². The Labute approximate surface area is 170 Å². The number of hydrogen-bond acceptors (Lipinski definition) is 5. The van der Waals surface area contributed by atoms with E-state index in [-0.39, 0.29) is 18.1 Å². The van der Waals surface area contributed by atoms with E-state index in [4.69, 9.17) is 9.47 Å². The average Bonchev–Trinajstić information content (AvgIpc) is 2.93. The first kappa shape index (κ1) is 20.2. The molecule has 1 aliphatic heterocycles. The van der Waals surface area contributed by atoms with Gasteiger partial charge in [-0.15, -0.1) is 6.58 Å². The molecule has 3 rings (SSSR count). The van der Waals surface area contributed by atoms with E-state index in [2.05, 4.69) is 11.9 Å². The molecule has 0 radical (unpaired) electrons. The molecule has 29 heavy (non-hydrogen) atoms. The Hall–Kier alpha value is -3.54. The van der Waals surface area contributed by atoms with Crippen LogP contribution in [0.5, 0.6) is 11.5 Å². The number of methoxy groups -OCH3 is 2. The number of hydrogen-bond donors (Lipinski definition) is 1. The maximum Gasteiger partial charge on any atom is 0.278 e. The number of nitrogens with zero attached hydrogens (tertiary/aromatic N) is 1. The van der Waals surface area contributed by atoms with Crippen molar-refractivity contribution in [1.29, 1.82) is 0 Å². The zero-order valence-corrected chi connectivity index (χ0v) is 17.0. The van der Waals surface area contributed by atoms with Gasteiger partial charge in [0.05, 0.1) is 25.5 Å². The summed E-state index contributed by atoms with van der Waals surface area (Å²) in [7, 11) is 3.10. The molecular formula is C23H24N2O4. The number of ether oxygens (including phenoxy) is 2. The molecule has 1 heterocycles. The van der Waals surface area contributed by atoms with Crippen molar-refractivity contribution in [2.75, 3.05) is 26.1 Å². The Kier molecular flexibility index (Phi) is 5.73. The van der Waals surface area contributed by atoms with Crippen LogP contribution in [0.1, 0.15) is 16.7 Å². The fraction of sp³-hybridized carbons (Fsp3) is 0.217. The van der Waals surface area contributed by atoms with Crippen LogP contribution in [0.2, 0.25) is 0 Å². The van der Waals surface area contributed by atoms with Gasteiger partial charge in [-0.05, 0) is 37.1 Å². The number of carbonyl (C=O) groups excluding carboxylic acids is 2. The van der Waals surface area contributed by atoms with E-state index in [1.807, 2.05) is 32.0 Å². The minimum Gasteiger partial charge on any atom is -0.497 e. The minimum absolute atomic E-state index is 0.136. The molecular weight excluding hydrogens is 368 g/mol. The lowest BCUT2D eigenvalue weighted by Gasteiger charge is -2.14.